The van der Waals surface area contributed by atoms with Crippen LogP contribution in [0.2, 0.25) is 0 Å². The second-order valence-corrected chi connectivity index (χ2v) is 9.65. The third kappa shape index (κ3) is 5.28. The zero-order chi connectivity index (χ0) is 24.3. The van der Waals surface area contributed by atoms with E-state index in [2.05, 4.69) is 85.9 Å². The molecule has 2 aromatic carbocycles. The molecule has 1 fully saturated rings. The molecule has 5 rings (SSSR count). The Bertz CT molecular complexity index is 1270. The highest BCUT2D eigenvalue weighted by Crippen LogP contribution is 2.25. The van der Waals surface area contributed by atoms with Gasteiger partial charge in [-0.1, -0.05) is 30.3 Å². The molecular formula is C27H33N7O. The Morgan fingerprint density at radius 2 is 1.91 bits per heavy atom. The first kappa shape index (κ1) is 23.3. The van der Waals surface area contributed by atoms with Crippen molar-refractivity contribution in [3.05, 3.63) is 78.5 Å². The summed E-state index contributed by atoms with van der Waals surface area (Å²) in [6.07, 6.45) is 7.52. The molecule has 0 aliphatic carbocycles. The van der Waals surface area contributed by atoms with Gasteiger partial charge in [0.1, 0.15) is 18.3 Å². The minimum atomic E-state index is -0.388. The van der Waals surface area contributed by atoms with Crippen molar-refractivity contribution >= 4 is 16.8 Å². The van der Waals surface area contributed by atoms with E-state index in [9.17, 15) is 4.79 Å². The summed E-state index contributed by atoms with van der Waals surface area (Å²) in [6.45, 7) is 8.30. The largest absolute Gasteiger partial charge is 0.361 e. The topological polar surface area (TPSA) is 82.1 Å². The van der Waals surface area contributed by atoms with Crippen LogP contribution in [0.4, 0.5) is 0 Å². The standard InChI is InChI=1S/C27H33N7O/c1-21(35)31-27(2)18-32(17-22-7-4-3-5-8-22)13-14-34(27)12-6-9-23-16-28-26-11-10-24(15-25(23)26)33-19-29-30-20-33/h3-5,7-8,10-11,15-16,19-20,28H,6,9,12-14,17-18H2,1-2H3,(H,31,35). The Balaban J connectivity index is 1.25. The van der Waals surface area contributed by atoms with Gasteiger partial charge in [-0.2, -0.15) is 0 Å². The molecule has 4 aromatic rings. The second-order valence-electron chi connectivity index (χ2n) is 9.65. The number of carbonyl (C=O) groups excluding carboxylic acids is 1. The van der Waals surface area contributed by atoms with E-state index < -0.39 is 0 Å². The molecule has 2 N–H and O–H groups in total. The van der Waals surface area contributed by atoms with Gasteiger partial charge in [0.2, 0.25) is 5.91 Å². The number of amides is 1. The van der Waals surface area contributed by atoms with E-state index in [0.29, 0.717) is 0 Å². The van der Waals surface area contributed by atoms with Crippen molar-refractivity contribution < 1.29 is 4.79 Å². The number of rotatable bonds is 8. The third-order valence-corrected chi connectivity index (χ3v) is 6.95. The first-order chi connectivity index (χ1) is 17.0. The molecule has 0 spiro atoms. The summed E-state index contributed by atoms with van der Waals surface area (Å²) < 4.78 is 1.92. The molecule has 35 heavy (non-hydrogen) atoms. The molecule has 1 aliphatic rings. The zero-order valence-corrected chi connectivity index (χ0v) is 20.4. The highest BCUT2D eigenvalue weighted by molar-refractivity contribution is 5.85. The van der Waals surface area contributed by atoms with Crippen LogP contribution in [0, 0.1) is 0 Å². The Morgan fingerprint density at radius 3 is 2.69 bits per heavy atom. The van der Waals surface area contributed by atoms with E-state index >= 15 is 0 Å². The fourth-order valence-electron chi connectivity index (χ4n) is 5.28. The first-order valence-corrected chi connectivity index (χ1v) is 12.3. The van der Waals surface area contributed by atoms with E-state index in [4.69, 9.17) is 0 Å². The van der Waals surface area contributed by atoms with Crippen LogP contribution in [0.5, 0.6) is 0 Å². The minimum absolute atomic E-state index is 0.0113. The van der Waals surface area contributed by atoms with Crippen LogP contribution in [-0.2, 0) is 17.8 Å². The van der Waals surface area contributed by atoms with Gasteiger partial charge in [-0.15, -0.1) is 10.2 Å². The maximum Gasteiger partial charge on any atom is 0.218 e. The van der Waals surface area contributed by atoms with Crippen molar-refractivity contribution in [2.45, 2.75) is 38.9 Å². The minimum Gasteiger partial charge on any atom is -0.361 e. The van der Waals surface area contributed by atoms with Crippen LogP contribution < -0.4 is 5.32 Å². The molecular weight excluding hydrogens is 438 g/mol. The summed E-state index contributed by atoms with van der Waals surface area (Å²) in [6, 6.07) is 16.9. The summed E-state index contributed by atoms with van der Waals surface area (Å²) in [7, 11) is 0. The molecule has 0 radical (unpaired) electrons. The normalized spacial score (nSPS) is 19.3. The maximum absolute atomic E-state index is 12.1. The van der Waals surface area contributed by atoms with Gasteiger partial charge in [0, 0.05) is 62.4 Å². The van der Waals surface area contributed by atoms with Crippen LogP contribution in [0.15, 0.2) is 67.4 Å². The van der Waals surface area contributed by atoms with E-state index in [1.165, 1.54) is 16.5 Å². The fourth-order valence-corrected chi connectivity index (χ4v) is 5.28. The molecule has 0 bridgehead atoms. The number of benzene rings is 2. The second kappa shape index (κ2) is 10.0. The summed E-state index contributed by atoms with van der Waals surface area (Å²) >= 11 is 0. The van der Waals surface area contributed by atoms with Gasteiger partial charge in [0.15, 0.2) is 0 Å². The highest BCUT2D eigenvalue weighted by atomic mass is 16.1. The summed E-state index contributed by atoms with van der Waals surface area (Å²) in [4.78, 5) is 20.4. The number of hydrogen-bond acceptors (Lipinski definition) is 5. The third-order valence-electron chi connectivity index (χ3n) is 6.95. The van der Waals surface area contributed by atoms with Gasteiger partial charge in [-0.25, -0.2) is 0 Å². The zero-order valence-electron chi connectivity index (χ0n) is 20.4. The summed E-state index contributed by atoms with van der Waals surface area (Å²) in [5.41, 5.74) is 4.40. The highest BCUT2D eigenvalue weighted by Gasteiger charge is 2.38. The quantitative estimate of drug-likeness (QED) is 0.412. The maximum atomic E-state index is 12.1. The van der Waals surface area contributed by atoms with E-state index in [0.717, 1.165) is 56.8 Å². The molecule has 3 heterocycles. The molecule has 8 heteroatoms. The number of aromatic nitrogens is 4. The van der Waals surface area contributed by atoms with Crippen molar-refractivity contribution in [2.24, 2.45) is 0 Å². The predicted octanol–water partition coefficient (Wildman–Crippen LogP) is 3.35. The SMILES string of the molecule is CC(=O)NC1(C)CN(Cc2ccccc2)CCN1CCCc1c[nH]c2ccc(-n3cnnc3)cc12. The average Bonchev–Trinajstić information content (AvgIpc) is 3.51. The Morgan fingerprint density at radius 1 is 1.11 bits per heavy atom. The number of H-pyrrole nitrogens is 1. The monoisotopic (exact) mass is 471 g/mol. The number of carbonyl (C=O) groups is 1. The number of nitrogens with zero attached hydrogens (tertiary/aromatic N) is 5. The fraction of sp³-hybridized carbons (Fsp3) is 0.370. The number of fused-ring (bicyclic) bond motifs is 1. The molecule has 0 saturated carbocycles. The number of hydrogen-bond donors (Lipinski definition) is 2. The molecule has 2 aromatic heterocycles. The number of aromatic amines is 1. The number of aryl methyl sites for hydroxylation is 1. The van der Waals surface area contributed by atoms with Crippen LogP contribution >= 0.6 is 0 Å². The molecule has 1 aliphatic heterocycles. The number of nitrogens with one attached hydrogen (secondary N) is 2. The lowest BCUT2D eigenvalue weighted by molar-refractivity contribution is -0.125. The van der Waals surface area contributed by atoms with Crippen molar-refractivity contribution in [1.29, 1.82) is 0 Å². The van der Waals surface area contributed by atoms with Gasteiger partial charge in [0.25, 0.3) is 0 Å². The average molecular weight is 472 g/mol. The Kier molecular flexibility index (Phi) is 6.66. The van der Waals surface area contributed by atoms with Crippen LogP contribution in [0.1, 0.15) is 31.4 Å². The van der Waals surface area contributed by atoms with Gasteiger partial charge < -0.3 is 10.3 Å². The Hall–Kier alpha value is -3.49. The van der Waals surface area contributed by atoms with Crippen molar-refractivity contribution in [3.63, 3.8) is 0 Å². The van der Waals surface area contributed by atoms with Gasteiger partial charge in [-0.3, -0.25) is 19.2 Å². The van der Waals surface area contributed by atoms with Crippen molar-refractivity contribution in [1.82, 2.24) is 34.9 Å². The predicted molar refractivity (Wildman–Crippen MR) is 137 cm³/mol. The number of piperazine rings is 1. The van der Waals surface area contributed by atoms with Crippen LogP contribution in [0.25, 0.3) is 16.6 Å². The smallest absolute Gasteiger partial charge is 0.218 e. The van der Waals surface area contributed by atoms with Crippen LogP contribution in [0.3, 0.4) is 0 Å². The van der Waals surface area contributed by atoms with E-state index in [1.54, 1.807) is 19.6 Å². The molecule has 1 saturated heterocycles. The van der Waals surface area contributed by atoms with Gasteiger partial charge in [0.05, 0.1) is 0 Å². The molecule has 1 amide bonds. The van der Waals surface area contributed by atoms with E-state index in [-0.39, 0.29) is 11.6 Å². The molecule has 8 nitrogen and oxygen atoms in total. The lowest BCUT2D eigenvalue weighted by Crippen LogP contribution is -2.68. The lowest BCUT2D eigenvalue weighted by Gasteiger charge is -2.49. The van der Waals surface area contributed by atoms with Gasteiger partial charge >= 0.3 is 0 Å². The lowest BCUT2D eigenvalue weighted by atomic mass is 10.0. The van der Waals surface area contributed by atoms with Gasteiger partial charge in [-0.05, 0) is 49.1 Å². The molecule has 1 unspecified atom stereocenters. The Labute approximate surface area is 206 Å². The molecule has 1 atom stereocenters. The van der Waals surface area contributed by atoms with Crippen molar-refractivity contribution in [3.8, 4) is 5.69 Å². The summed E-state index contributed by atoms with van der Waals surface area (Å²) in [5, 5.41) is 12.3. The van der Waals surface area contributed by atoms with E-state index in [1.807, 2.05) is 10.6 Å². The summed E-state index contributed by atoms with van der Waals surface area (Å²) in [5.74, 6) is 0.0113. The van der Waals surface area contributed by atoms with Crippen LogP contribution in [-0.4, -0.2) is 67.3 Å². The molecule has 182 valence electrons. The first-order valence-electron chi connectivity index (χ1n) is 12.3. The van der Waals surface area contributed by atoms with Crippen molar-refractivity contribution in [2.75, 3.05) is 26.2 Å².